The van der Waals surface area contributed by atoms with E-state index < -0.39 is 0 Å². The molecule has 0 bridgehead atoms. The highest BCUT2D eigenvalue weighted by atomic mass is 15.1. The SMILES string of the molecule is CCCCN(C)CCNC(CC)C1CC1. The Labute approximate surface area is 95.4 Å². The fourth-order valence-corrected chi connectivity index (χ4v) is 2.12. The molecule has 0 aromatic rings. The highest BCUT2D eigenvalue weighted by Crippen LogP contribution is 2.33. The Kier molecular flexibility index (Phi) is 6.26. The molecule has 1 N–H and O–H groups in total. The summed E-state index contributed by atoms with van der Waals surface area (Å²) in [6.07, 6.45) is 6.84. The van der Waals surface area contributed by atoms with Crippen LogP contribution in [0.5, 0.6) is 0 Å². The van der Waals surface area contributed by atoms with E-state index in [-0.39, 0.29) is 0 Å². The lowest BCUT2D eigenvalue weighted by atomic mass is 10.1. The maximum Gasteiger partial charge on any atom is 0.0104 e. The molecule has 1 fully saturated rings. The highest BCUT2D eigenvalue weighted by molar-refractivity contribution is 4.85. The average Bonchev–Trinajstić information content (AvgIpc) is 3.05. The largest absolute Gasteiger partial charge is 0.312 e. The van der Waals surface area contributed by atoms with Gasteiger partial charge in [-0.15, -0.1) is 0 Å². The van der Waals surface area contributed by atoms with E-state index in [1.54, 1.807) is 0 Å². The second-order valence-corrected chi connectivity index (χ2v) is 4.96. The molecule has 0 saturated heterocycles. The third kappa shape index (κ3) is 5.53. The van der Waals surface area contributed by atoms with Crippen LogP contribution in [0.25, 0.3) is 0 Å². The minimum atomic E-state index is 0.796. The first-order valence-corrected chi connectivity index (χ1v) is 6.69. The first kappa shape index (κ1) is 13.0. The molecule has 1 aliphatic carbocycles. The van der Waals surface area contributed by atoms with Crippen LogP contribution < -0.4 is 5.32 Å². The third-order valence-corrected chi connectivity index (χ3v) is 3.42. The van der Waals surface area contributed by atoms with Crippen molar-refractivity contribution in [3.05, 3.63) is 0 Å². The normalized spacial score (nSPS) is 18.4. The number of likely N-dealkylation sites (N-methyl/N-ethyl adjacent to an activating group) is 1. The van der Waals surface area contributed by atoms with E-state index in [2.05, 4.69) is 31.1 Å². The van der Waals surface area contributed by atoms with Gasteiger partial charge in [-0.1, -0.05) is 20.3 Å². The van der Waals surface area contributed by atoms with Gasteiger partial charge in [-0.2, -0.15) is 0 Å². The maximum absolute atomic E-state index is 3.70. The van der Waals surface area contributed by atoms with Crippen LogP contribution in [-0.2, 0) is 0 Å². The van der Waals surface area contributed by atoms with Gasteiger partial charge < -0.3 is 10.2 Å². The van der Waals surface area contributed by atoms with E-state index in [0.29, 0.717) is 0 Å². The van der Waals surface area contributed by atoms with E-state index in [4.69, 9.17) is 0 Å². The van der Waals surface area contributed by atoms with E-state index in [0.717, 1.165) is 18.5 Å². The quantitative estimate of drug-likeness (QED) is 0.632. The van der Waals surface area contributed by atoms with E-state index >= 15 is 0 Å². The smallest absolute Gasteiger partial charge is 0.0104 e. The molecule has 2 heteroatoms. The topological polar surface area (TPSA) is 15.3 Å². The van der Waals surface area contributed by atoms with Crippen LogP contribution in [0, 0.1) is 5.92 Å². The predicted molar refractivity (Wildman–Crippen MR) is 67.2 cm³/mol. The fraction of sp³-hybridized carbons (Fsp3) is 1.00. The van der Waals surface area contributed by atoms with Crippen molar-refractivity contribution in [2.75, 3.05) is 26.7 Å². The van der Waals surface area contributed by atoms with Crippen molar-refractivity contribution in [2.24, 2.45) is 5.92 Å². The molecule has 0 aromatic carbocycles. The van der Waals surface area contributed by atoms with Crippen LogP contribution in [0.3, 0.4) is 0 Å². The summed E-state index contributed by atoms with van der Waals surface area (Å²) in [5.74, 6) is 0.996. The second kappa shape index (κ2) is 7.24. The molecule has 1 unspecified atom stereocenters. The van der Waals surface area contributed by atoms with Crippen molar-refractivity contribution >= 4 is 0 Å². The first-order chi connectivity index (χ1) is 7.27. The number of nitrogens with zero attached hydrogens (tertiary/aromatic N) is 1. The lowest BCUT2D eigenvalue weighted by molar-refractivity contribution is 0.312. The van der Waals surface area contributed by atoms with Gasteiger partial charge in [0, 0.05) is 19.1 Å². The highest BCUT2D eigenvalue weighted by Gasteiger charge is 2.29. The van der Waals surface area contributed by atoms with Crippen LogP contribution in [-0.4, -0.2) is 37.6 Å². The van der Waals surface area contributed by atoms with Gasteiger partial charge in [0.05, 0.1) is 0 Å². The molecule has 1 rings (SSSR count). The summed E-state index contributed by atoms with van der Waals surface area (Å²) in [4.78, 5) is 2.44. The molecule has 2 nitrogen and oxygen atoms in total. The number of rotatable bonds is 9. The molecule has 0 aromatic heterocycles. The first-order valence-electron chi connectivity index (χ1n) is 6.69. The van der Waals surface area contributed by atoms with Gasteiger partial charge >= 0.3 is 0 Å². The van der Waals surface area contributed by atoms with Gasteiger partial charge in [0.15, 0.2) is 0 Å². The van der Waals surface area contributed by atoms with Gasteiger partial charge in [-0.05, 0) is 45.2 Å². The number of nitrogens with one attached hydrogen (secondary N) is 1. The molecule has 0 radical (unpaired) electrons. The van der Waals surface area contributed by atoms with Gasteiger partial charge in [0.1, 0.15) is 0 Å². The van der Waals surface area contributed by atoms with Crippen molar-refractivity contribution in [3.63, 3.8) is 0 Å². The van der Waals surface area contributed by atoms with Crippen molar-refractivity contribution < 1.29 is 0 Å². The molecule has 0 amide bonds. The zero-order chi connectivity index (χ0) is 11.1. The van der Waals surface area contributed by atoms with Gasteiger partial charge in [0.2, 0.25) is 0 Å². The van der Waals surface area contributed by atoms with Gasteiger partial charge in [-0.3, -0.25) is 0 Å². The molecule has 1 atom stereocenters. The monoisotopic (exact) mass is 212 g/mol. The summed E-state index contributed by atoms with van der Waals surface area (Å²) in [5.41, 5.74) is 0. The summed E-state index contributed by atoms with van der Waals surface area (Å²) < 4.78 is 0. The van der Waals surface area contributed by atoms with Crippen molar-refractivity contribution in [2.45, 2.75) is 52.0 Å². The zero-order valence-corrected chi connectivity index (χ0v) is 10.8. The number of hydrogen-bond acceptors (Lipinski definition) is 2. The molecular formula is C13H28N2. The van der Waals surface area contributed by atoms with Crippen molar-refractivity contribution in [1.29, 1.82) is 0 Å². The Hall–Kier alpha value is -0.0800. The summed E-state index contributed by atoms with van der Waals surface area (Å²) in [6.45, 7) is 8.17. The minimum absolute atomic E-state index is 0.796. The Morgan fingerprint density at radius 3 is 2.53 bits per heavy atom. The zero-order valence-electron chi connectivity index (χ0n) is 10.8. The Morgan fingerprint density at radius 1 is 1.27 bits per heavy atom. The van der Waals surface area contributed by atoms with Crippen LogP contribution >= 0.6 is 0 Å². The summed E-state index contributed by atoms with van der Waals surface area (Å²) in [5, 5.41) is 3.70. The fourth-order valence-electron chi connectivity index (χ4n) is 2.12. The third-order valence-electron chi connectivity index (χ3n) is 3.42. The molecule has 0 spiro atoms. The molecule has 1 saturated carbocycles. The van der Waals surface area contributed by atoms with Gasteiger partial charge in [0.25, 0.3) is 0 Å². The molecule has 15 heavy (non-hydrogen) atoms. The van der Waals surface area contributed by atoms with Crippen molar-refractivity contribution in [3.8, 4) is 0 Å². The van der Waals surface area contributed by atoms with Gasteiger partial charge in [-0.25, -0.2) is 0 Å². The number of hydrogen-bond donors (Lipinski definition) is 1. The maximum atomic E-state index is 3.70. The van der Waals surface area contributed by atoms with Crippen LogP contribution in [0.1, 0.15) is 46.0 Å². The van der Waals surface area contributed by atoms with Crippen LogP contribution in [0.15, 0.2) is 0 Å². The lowest BCUT2D eigenvalue weighted by Gasteiger charge is -2.20. The Morgan fingerprint density at radius 2 is 2.00 bits per heavy atom. The summed E-state index contributed by atoms with van der Waals surface area (Å²) in [6, 6.07) is 0.796. The summed E-state index contributed by atoms with van der Waals surface area (Å²) >= 11 is 0. The average molecular weight is 212 g/mol. The molecule has 90 valence electrons. The Bertz CT molecular complexity index is 155. The standard InChI is InChI=1S/C13H28N2/c1-4-6-10-15(3)11-9-14-13(5-2)12-7-8-12/h12-14H,4-11H2,1-3H3. The van der Waals surface area contributed by atoms with E-state index in [9.17, 15) is 0 Å². The number of unbranched alkanes of at least 4 members (excludes halogenated alkanes) is 1. The molecule has 0 aliphatic heterocycles. The predicted octanol–water partition coefficient (Wildman–Crippen LogP) is 2.50. The second-order valence-electron chi connectivity index (χ2n) is 4.96. The summed E-state index contributed by atoms with van der Waals surface area (Å²) in [7, 11) is 2.23. The molecular weight excluding hydrogens is 184 g/mol. The van der Waals surface area contributed by atoms with Crippen LogP contribution in [0.4, 0.5) is 0 Å². The molecule has 0 heterocycles. The van der Waals surface area contributed by atoms with Crippen molar-refractivity contribution in [1.82, 2.24) is 10.2 Å². The lowest BCUT2D eigenvalue weighted by Crippen LogP contribution is -2.37. The van der Waals surface area contributed by atoms with E-state index in [1.165, 1.54) is 45.2 Å². The Balaban J connectivity index is 1.98. The minimum Gasteiger partial charge on any atom is -0.312 e. The molecule has 1 aliphatic rings. The van der Waals surface area contributed by atoms with E-state index in [1.807, 2.05) is 0 Å². The van der Waals surface area contributed by atoms with Crippen LogP contribution in [0.2, 0.25) is 0 Å².